The molecule has 6 heteroatoms. The summed E-state index contributed by atoms with van der Waals surface area (Å²) in [6, 6.07) is 14.2. The molecular weight excluding hydrogens is 316 g/mol. The number of oxazole rings is 1. The fourth-order valence-corrected chi connectivity index (χ4v) is 3.17. The molecule has 128 valence electrons. The molecule has 1 atom stereocenters. The quantitative estimate of drug-likeness (QED) is 0.736. The molecule has 1 aromatic carbocycles. The number of rotatable bonds is 3. The van der Waals surface area contributed by atoms with Gasteiger partial charge >= 0.3 is 0 Å². The Balaban J connectivity index is 1.41. The van der Waals surface area contributed by atoms with Crippen LogP contribution in [0.2, 0.25) is 0 Å². The highest BCUT2D eigenvalue weighted by Gasteiger charge is 2.27. The van der Waals surface area contributed by atoms with Crippen molar-refractivity contribution >= 4 is 23.2 Å². The first-order valence-electron chi connectivity index (χ1n) is 8.52. The lowest BCUT2D eigenvalue weighted by atomic mass is 9.99. The van der Waals surface area contributed by atoms with Crippen molar-refractivity contribution in [2.75, 3.05) is 31.1 Å². The Bertz CT molecular complexity index is 836. The minimum Gasteiger partial charge on any atom is -0.404 e. The standard InChI is InChI=1S/C19H20N4O2/c1-14(15-6-3-2-4-7-15)18(24)22-10-12-23(13-11-22)19-21-16-8-5-9-20-17(16)25-19/h2-9,14H,10-13H2,1H3. The highest BCUT2D eigenvalue weighted by atomic mass is 16.4. The third-order valence-electron chi connectivity index (χ3n) is 4.69. The van der Waals surface area contributed by atoms with E-state index in [1.54, 1.807) is 6.20 Å². The second kappa shape index (κ2) is 6.55. The molecule has 3 aromatic rings. The number of benzene rings is 1. The maximum absolute atomic E-state index is 12.7. The summed E-state index contributed by atoms with van der Waals surface area (Å²) >= 11 is 0. The Hall–Kier alpha value is -2.89. The molecule has 3 heterocycles. The van der Waals surface area contributed by atoms with Crippen molar-refractivity contribution in [2.24, 2.45) is 0 Å². The number of hydrogen-bond donors (Lipinski definition) is 0. The molecule has 1 amide bonds. The summed E-state index contributed by atoms with van der Waals surface area (Å²) < 4.78 is 5.72. The summed E-state index contributed by atoms with van der Waals surface area (Å²) in [6.07, 6.45) is 1.69. The van der Waals surface area contributed by atoms with Gasteiger partial charge in [-0.3, -0.25) is 4.79 Å². The molecule has 1 unspecified atom stereocenters. The van der Waals surface area contributed by atoms with E-state index in [9.17, 15) is 4.79 Å². The zero-order chi connectivity index (χ0) is 17.2. The highest BCUT2D eigenvalue weighted by molar-refractivity contribution is 5.83. The predicted molar refractivity (Wildman–Crippen MR) is 95.5 cm³/mol. The molecule has 1 fully saturated rings. The van der Waals surface area contributed by atoms with Crippen LogP contribution in [0.25, 0.3) is 11.2 Å². The zero-order valence-electron chi connectivity index (χ0n) is 14.1. The predicted octanol–water partition coefficient (Wildman–Crippen LogP) is 2.68. The maximum atomic E-state index is 12.7. The number of fused-ring (bicyclic) bond motifs is 1. The first kappa shape index (κ1) is 15.6. The Morgan fingerprint density at radius 1 is 1.08 bits per heavy atom. The number of aromatic nitrogens is 2. The van der Waals surface area contributed by atoms with Gasteiger partial charge in [0.1, 0.15) is 5.52 Å². The summed E-state index contributed by atoms with van der Waals surface area (Å²) in [7, 11) is 0. The normalized spacial score (nSPS) is 16.2. The van der Waals surface area contributed by atoms with E-state index < -0.39 is 0 Å². The van der Waals surface area contributed by atoms with Crippen LogP contribution >= 0.6 is 0 Å². The monoisotopic (exact) mass is 336 g/mol. The number of pyridine rings is 1. The lowest BCUT2D eigenvalue weighted by Crippen LogP contribution is -2.50. The van der Waals surface area contributed by atoms with Crippen LogP contribution < -0.4 is 4.90 Å². The number of carbonyl (C=O) groups is 1. The Labute approximate surface area is 146 Å². The third-order valence-corrected chi connectivity index (χ3v) is 4.69. The van der Waals surface area contributed by atoms with Gasteiger partial charge in [-0.05, 0) is 24.6 Å². The van der Waals surface area contributed by atoms with Crippen LogP contribution in [0.1, 0.15) is 18.4 Å². The lowest BCUT2D eigenvalue weighted by molar-refractivity contribution is -0.132. The van der Waals surface area contributed by atoms with Gasteiger partial charge in [0.15, 0.2) is 0 Å². The van der Waals surface area contributed by atoms with Gasteiger partial charge in [-0.2, -0.15) is 4.98 Å². The summed E-state index contributed by atoms with van der Waals surface area (Å²) in [4.78, 5) is 25.4. The van der Waals surface area contributed by atoms with Gasteiger partial charge in [-0.25, -0.2) is 4.98 Å². The molecule has 0 N–H and O–H groups in total. The van der Waals surface area contributed by atoms with Gasteiger partial charge in [0.05, 0.1) is 5.92 Å². The van der Waals surface area contributed by atoms with E-state index in [1.807, 2.05) is 54.3 Å². The van der Waals surface area contributed by atoms with E-state index >= 15 is 0 Å². The number of amides is 1. The van der Waals surface area contributed by atoms with Gasteiger partial charge in [-0.1, -0.05) is 30.3 Å². The Kier molecular flexibility index (Phi) is 4.09. The molecule has 1 aliphatic heterocycles. The molecule has 0 spiro atoms. The first-order chi connectivity index (χ1) is 12.2. The molecule has 1 saturated heterocycles. The van der Waals surface area contributed by atoms with Crippen molar-refractivity contribution in [1.82, 2.24) is 14.9 Å². The lowest BCUT2D eigenvalue weighted by Gasteiger charge is -2.35. The molecule has 0 aliphatic carbocycles. The average molecular weight is 336 g/mol. The van der Waals surface area contributed by atoms with E-state index in [-0.39, 0.29) is 11.8 Å². The number of anilines is 1. The fourth-order valence-electron chi connectivity index (χ4n) is 3.17. The number of piperazine rings is 1. The van der Waals surface area contributed by atoms with Crippen LogP contribution in [-0.4, -0.2) is 47.0 Å². The molecule has 2 aromatic heterocycles. The molecule has 0 bridgehead atoms. The van der Waals surface area contributed by atoms with Crippen molar-refractivity contribution < 1.29 is 9.21 Å². The van der Waals surface area contributed by atoms with E-state index in [1.165, 1.54) is 0 Å². The Morgan fingerprint density at radius 3 is 2.56 bits per heavy atom. The first-order valence-corrected chi connectivity index (χ1v) is 8.52. The van der Waals surface area contributed by atoms with Crippen LogP contribution in [0.4, 0.5) is 6.01 Å². The van der Waals surface area contributed by atoms with Crippen LogP contribution in [0, 0.1) is 0 Å². The summed E-state index contributed by atoms with van der Waals surface area (Å²) in [5.41, 5.74) is 2.36. The van der Waals surface area contributed by atoms with Crippen molar-refractivity contribution in [3.63, 3.8) is 0 Å². The van der Waals surface area contributed by atoms with E-state index in [0.29, 0.717) is 37.9 Å². The molecule has 0 saturated carbocycles. The van der Waals surface area contributed by atoms with Crippen LogP contribution in [-0.2, 0) is 4.79 Å². The van der Waals surface area contributed by atoms with Crippen LogP contribution in [0.5, 0.6) is 0 Å². The largest absolute Gasteiger partial charge is 0.404 e. The second-order valence-corrected chi connectivity index (χ2v) is 6.27. The van der Waals surface area contributed by atoms with Crippen molar-refractivity contribution in [1.29, 1.82) is 0 Å². The minimum absolute atomic E-state index is 0.124. The van der Waals surface area contributed by atoms with E-state index in [2.05, 4.69) is 14.9 Å². The second-order valence-electron chi connectivity index (χ2n) is 6.27. The van der Waals surface area contributed by atoms with Crippen molar-refractivity contribution in [2.45, 2.75) is 12.8 Å². The number of carbonyl (C=O) groups excluding carboxylic acids is 1. The highest BCUT2D eigenvalue weighted by Crippen LogP contribution is 2.23. The van der Waals surface area contributed by atoms with Crippen molar-refractivity contribution in [3.8, 4) is 0 Å². The summed E-state index contributed by atoms with van der Waals surface area (Å²) in [6.45, 7) is 4.72. The van der Waals surface area contributed by atoms with Crippen molar-refractivity contribution in [3.05, 3.63) is 54.2 Å². The molecule has 25 heavy (non-hydrogen) atoms. The zero-order valence-corrected chi connectivity index (χ0v) is 14.1. The topological polar surface area (TPSA) is 62.5 Å². The minimum atomic E-state index is -0.124. The Morgan fingerprint density at radius 2 is 1.84 bits per heavy atom. The molecule has 6 nitrogen and oxygen atoms in total. The van der Waals surface area contributed by atoms with Gasteiger partial charge in [0.2, 0.25) is 11.6 Å². The molecular formula is C19H20N4O2. The maximum Gasteiger partial charge on any atom is 0.299 e. The van der Waals surface area contributed by atoms with Crippen LogP contribution in [0.3, 0.4) is 0 Å². The van der Waals surface area contributed by atoms with Gasteiger partial charge in [-0.15, -0.1) is 0 Å². The van der Waals surface area contributed by atoms with E-state index in [0.717, 1.165) is 11.1 Å². The molecule has 4 rings (SSSR count). The fraction of sp³-hybridized carbons (Fsp3) is 0.316. The van der Waals surface area contributed by atoms with Crippen LogP contribution in [0.15, 0.2) is 53.1 Å². The smallest absolute Gasteiger partial charge is 0.299 e. The molecule has 0 radical (unpaired) electrons. The van der Waals surface area contributed by atoms with E-state index in [4.69, 9.17) is 4.42 Å². The summed E-state index contributed by atoms with van der Waals surface area (Å²) in [5, 5.41) is 0. The summed E-state index contributed by atoms with van der Waals surface area (Å²) in [5.74, 6) is 0.0476. The molecule has 1 aliphatic rings. The number of nitrogens with zero attached hydrogens (tertiary/aromatic N) is 4. The average Bonchev–Trinajstić information content (AvgIpc) is 3.12. The third kappa shape index (κ3) is 3.07. The van der Waals surface area contributed by atoms with Gasteiger partial charge in [0.25, 0.3) is 6.01 Å². The number of hydrogen-bond acceptors (Lipinski definition) is 5. The SMILES string of the molecule is CC(C(=O)N1CCN(c2nc3cccnc3o2)CC1)c1ccccc1. The van der Waals surface area contributed by atoms with Gasteiger partial charge < -0.3 is 14.2 Å². The van der Waals surface area contributed by atoms with Gasteiger partial charge in [0, 0.05) is 32.4 Å².